The summed E-state index contributed by atoms with van der Waals surface area (Å²) in [6.45, 7) is 4.62. The van der Waals surface area contributed by atoms with E-state index in [1.807, 2.05) is 0 Å². The van der Waals surface area contributed by atoms with Gasteiger partial charge in [0.1, 0.15) is 0 Å². The van der Waals surface area contributed by atoms with E-state index in [2.05, 4.69) is 59.9 Å². The number of anilines is 1. The van der Waals surface area contributed by atoms with Gasteiger partial charge in [0, 0.05) is 24.1 Å². The first-order valence-corrected chi connectivity index (χ1v) is 8.12. The minimum absolute atomic E-state index is 0.724. The van der Waals surface area contributed by atoms with Gasteiger partial charge < -0.3 is 4.90 Å². The molecule has 100 valence electrons. The van der Waals surface area contributed by atoms with E-state index in [4.69, 9.17) is 0 Å². The van der Waals surface area contributed by atoms with Crippen LogP contribution in [0.3, 0.4) is 0 Å². The highest BCUT2D eigenvalue weighted by Crippen LogP contribution is 2.31. The second-order valence-electron chi connectivity index (χ2n) is 5.79. The van der Waals surface area contributed by atoms with Crippen molar-refractivity contribution in [2.24, 2.45) is 5.92 Å². The number of aryl methyl sites for hydroxylation is 1. The van der Waals surface area contributed by atoms with E-state index in [1.165, 1.54) is 42.5 Å². The molecule has 0 aliphatic heterocycles. The van der Waals surface area contributed by atoms with E-state index in [0.29, 0.717) is 0 Å². The van der Waals surface area contributed by atoms with Crippen molar-refractivity contribution in [3.05, 3.63) is 29.3 Å². The summed E-state index contributed by atoms with van der Waals surface area (Å²) in [5.41, 5.74) is 4.16. The van der Waals surface area contributed by atoms with Gasteiger partial charge in [-0.2, -0.15) is 0 Å². The zero-order chi connectivity index (χ0) is 13.1. The van der Waals surface area contributed by atoms with Crippen molar-refractivity contribution in [3.8, 4) is 0 Å². The molecule has 2 unspecified atom stereocenters. The van der Waals surface area contributed by atoms with Crippen molar-refractivity contribution in [3.63, 3.8) is 0 Å². The van der Waals surface area contributed by atoms with E-state index >= 15 is 0 Å². The van der Waals surface area contributed by atoms with Crippen LogP contribution in [0.4, 0.5) is 5.69 Å². The molecule has 1 fully saturated rings. The van der Waals surface area contributed by atoms with Crippen LogP contribution in [0.5, 0.6) is 0 Å². The fourth-order valence-electron chi connectivity index (χ4n) is 3.15. The first-order chi connectivity index (χ1) is 8.61. The van der Waals surface area contributed by atoms with Crippen LogP contribution in [-0.4, -0.2) is 13.1 Å². The fourth-order valence-corrected chi connectivity index (χ4v) is 3.50. The molecule has 2 rings (SSSR count). The second kappa shape index (κ2) is 6.10. The minimum atomic E-state index is 0.724. The van der Waals surface area contributed by atoms with Gasteiger partial charge in [0.25, 0.3) is 0 Å². The Morgan fingerprint density at radius 1 is 1.33 bits per heavy atom. The minimum Gasteiger partial charge on any atom is -0.371 e. The highest BCUT2D eigenvalue weighted by Gasteiger charge is 2.23. The maximum atomic E-state index is 3.52. The molecule has 0 N–H and O–H groups in total. The lowest BCUT2D eigenvalue weighted by atomic mass is 9.86. The summed E-state index contributed by atoms with van der Waals surface area (Å²) in [6, 6.07) is 7.54. The van der Waals surface area contributed by atoms with Gasteiger partial charge in [-0.05, 0) is 42.9 Å². The van der Waals surface area contributed by atoms with Gasteiger partial charge in [-0.25, -0.2) is 0 Å². The highest BCUT2D eigenvalue weighted by molar-refractivity contribution is 9.08. The van der Waals surface area contributed by atoms with Crippen LogP contribution in [0.15, 0.2) is 18.2 Å². The molecular formula is C16H24BrN. The number of rotatable bonds is 3. The molecule has 1 aliphatic rings. The van der Waals surface area contributed by atoms with Gasteiger partial charge in [0.15, 0.2) is 0 Å². The monoisotopic (exact) mass is 309 g/mol. The predicted octanol–water partition coefficient (Wildman–Crippen LogP) is 4.90. The second-order valence-corrected chi connectivity index (χ2v) is 6.35. The third-order valence-electron chi connectivity index (χ3n) is 4.25. The summed E-state index contributed by atoms with van der Waals surface area (Å²) in [5, 5.41) is 0.943. The third kappa shape index (κ3) is 3.09. The molecule has 0 aromatic heterocycles. The van der Waals surface area contributed by atoms with E-state index in [-0.39, 0.29) is 0 Å². The first-order valence-electron chi connectivity index (χ1n) is 7.00. The number of hydrogen-bond acceptors (Lipinski definition) is 1. The van der Waals surface area contributed by atoms with Crippen molar-refractivity contribution in [2.75, 3.05) is 11.9 Å². The van der Waals surface area contributed by atoms with Crippen LogP contribution in [-0.2, 0) is 5.33 Å². The summed E-state index contributed by atoms with van der Waals surface area (Å²) in [6.07, 6.45) is 5.48. The molecule has 1 aliphatic carbocycles. The Morgan fingerprint density at radius 3 is 2.72 bits per heavy atom. The van der Waals surface area contributed by atoms with Gasteiger partial charge >= 0.3 is 0 Å². The molecule has 0 amide bonds. The molecule has 0 bridgehead atoms. The van der Waals surface area contributed by atoms with Crippen LogP contribution in [0.1, 0.15) is 43.7 Å². The van der Waals surface area contributed by atoms with Crippen LogP contribution in [0, 0.1) is 12.8 Å². The summed E-state index contributed by atoms with van der Waals surface area (Å²) >= 11 is 3.52. The van der Waals surface area contributed by atoms with Crippen molar-refractivity contribution in [1.82, 2.24) is 0 Å². The number of halogens is 1. The van der Waals surface area contributed by atoms with E-state index in [1.54, 1.807) is 0 Å². The normalized spacial score (nSPS) is 24.0. The standard InChI is InChI=1S/C16H24BrN/c1-12-5-4-6-15(9-12)18(3)16-8-7-14(11-17)10-13(16)2/h7-8,10,12,15H,4-6,9,11H2,1-3H3. The SMILES string of the molecule is Cc1cc(CBr)ccc1N(C)C1CCCC(C)C1. The number of alkyl halides is 1. The molecule has 0 radical (unpaired) electrons. The van der Waals surface area contributed by atoms with Crippen molar-refractivity contribution >= 4 is 21.6 Å². The van der Waals surface area contributed by atoms with Gasteiger partial charge in [-0.3, -0.25) is 0 Å². The first kappa shape index (κ1) is 13.9. The van der Waals surface area contributed by atoms with Gasteiger partial charge in [0.05, 0.1) is 0 Å². The Bertz CT molecular complexity index is 402. The quantitative estimate of drug-likeness (QED) is 0.717. The lowest BCUT2D eigenvalue weighted by Gasteiger charge is -2.36. The maximum Gasteiger partial charge on any atom is 0.0396 e. The fraction of sp³-hybridized carbons (Fsp3) is 0.625. The van der Waals surface area contributed by atoms with Gasteiger partial charge in [-0.15, -0.1) is 0 Å². The van der Waals surface area contributed by atoms with Crippen molar-refractivity contribution in [1.29, 1.82) is 0 Å². The Kier molecular flexibility index (Phi) is 4.71. The Labute approximate surface area is 120 Å². The Hall–Kier alpha value is -0.500. The van der Waals surface area contributed by atoms with Crippen LogP contribution in [0.25, 0.3) is 0 Å². The van der Waals surface area contributed by atoms with Crippen molar-refractivity contribution < 1.29 is 0 Å². The molecule has 1 nitrogen and oxygen atoms in total. The third-order valence-corrected chi connectivity index (χ3v) is 4.90. The molecule has 0 saturated heterocycles. The van der Waals surface area contributed by atoms with E-state index in [0.717, 1.165) is 17.3 Å². The molecule has 2 atom stereocenters. The Morgan fingerprint density at radius 2 is 2.11 bits per heavy atom. The van der Waals surface area contributed by atoms with Gasteiger partial charge in [-0.1, -0.05) is 47.8 Å². The number of hydrogen-bond donors (Lipinski definition) is 0. The molecule has 2 heteroatoms. The molecule has 1 aromatic carbocycles. The summed E-state index contributed by atoms with van der Waals surface area (Å²) < 4.78 is 0. The molecule has 1 saturated carbocycles. The average molecular weight is 310 g/mol. The lowest BCUT2D eigenvalue weighted by Crippen LogP contribution is -2.35. The summed E-state index contributed by atoms with van der Waals surface area (Å²) in [4.78, 5) is 2.50. The topological polar surface area (TPSA) is 3.24 Å². The lowest BCUT2D eigenvalue weighted by molar-refractivity contribution is 0.336. The van der Waals surface area contributed by atoms with Crippen LogP contribution < -0.4 is 4.90 Å². The molecule has 0 heterocycles. The molecular weight excluding hydrogens is 286 g/mol. The van der Waals surface area contributed by atoms with E-state index in [9.17, 15) is 0 Å². The smallest absolute Gasteiger partial charge is 0.0396 e. The highest BCUT2D eigenvalue weighted by atomic mass is 79.9. The average Bonchev–Trinajstić information content (AvgIpc) is 2.37. The zero-order valence-electron chi connectivity index (χ0n) is 11.7. The molecule has 0 spiro atoms. The van der Waals surface area contributed by atoms with Crippen molar-refractivity contribution in [2.45, 2.75) is 50.9 Å². The summed E-state index contributed by atoms with van der Waals surface area (Å²) in [7, 11) is 2.26. The predicted molar refractivity (Wildman–Crippen MR) is 83.6 cm³/mol. The molecule has 18 heavy (non-hydrogen) atoms. The Balaban J connectivity index is 2.15. The maximum absolute atomic E-state index is 3.52. The largest absolute Gasteiger partial charge is 0.371 e. The van der Waals surface area contributed by atoms with Crippen LogP contribution in [0.2, 0.25) is 0 Å². The number of benzene rings is 1. The summed E-state index contributed by atoms with van der Waals surface area (Å²) in [5.74, 6) is 0.883. The zero-order valence-corrected chi connectivity index (χ0v) is 13.3. The van der Waals surface area contributed by atoms with Gasteiger partial charge in [0.2, 0.25) is 0 Å². The molecule has 1 aromatic rings. The van der Waals surface area contributed by atoms with Crippen LogP contribution >= 0.6 is 15.9 Å². The van der Waals surface area contributed by atoms with E-state index < -0.39 is 0 Å². The number of nitrogens with zero attached hydrogens (tertiary/aromatic N) is 1.